The standard InChI is InChI=1S/C22H30N4O.2C2HF3O2/c1-16-3-4-19-23-13-18(26(19)14-16)15-25-9-7-22(8-10-25)11-17(12-22)24-20(27)21(2)5-6-21;2*3-2(4,5)1(6)7/h3-4,13-14,17H,5-12,15H2,1-2H3,(H,24,27);2*(H,6,7). The fourth-order valence-corrected chi connectivity index (χ4v) is 4.94. The van der Waals surface area contributed by atoms with E-state index < -0.39 is 24.3 Å². The van der Waals surface area contributed by atoms with E-state index in [-0.39, 0.29) is 5.41 Å². The van der Waals surface area contributed by atoms with E-state index in [0.29, 0.717) is 17.4 Å². The number of carboxylic acid groups (broad SMARTS) is 2. The number of amides is 1. The fourth-order valence-electron chi connectivity index (χ4n) is 4.94. The normalized spacial score (nSPS) is 19.7. The molecule has 2 saturated carbocycles. The van der Waals surface area contributed by atoms with Crippen molar-refractivity contribution >= 4 is 23.5 Å². The van der Waals surface area contributed by atoms with Crippen LogP contribution >= 0.6 is 0 Å². The van der Waals surface area contributed by atoms with Gasteiger partial charge in [0.25, 0.3) is 0 Å². The summed E-state index contributed by atoms with van der Waals surface area (Å²) in [5.74, 6) is -5.22. The van der Waals surface area contributed by atoms with Crippen molar-refractivity contribution in [3.8, 4) is 0 Å². The Balaban J connectivity index is 0.000000276. The molecule has 0 atom stereocenters. The number of piperidine rings is 1. The number of pyridine rings is 1. The minimum atomic E-state index is -5.08. The topological polar surface area (TPSA) is 124 Å². The molecule has 9 nitrogen and oxygen atoms in total. The summed E-state index contributed by atoms with van der Waals surface area (Å²) in [4.78, 5) is 37.1. The molecule has 5 rings (SSSR count). The first kappa shape index (κ1) is 32.2. The maximum atomic E-state index is 12.2. The molecule has 3 fully saturated rings. The summed E-state index contributed by atoms with van der Waals surface area (Å²) in [6.07, 6.45) is 1.03. The molecule has 3 heterocycles. The zero-order valence-corrected chi connectivity index (χ0v) is 22.5. The van der Waals surface area contributed by atoms with Gasteiger partial charge in [-0.15, -0.1) is 0 Å². The number of carbonyl (C=O) groups is 3. The Bertz CT molecular complexity index is 1230. The highest BCUT2D eigenvalue weighted by atomic mass is 19.4. The summed E-state index contributed by atoms with van der Waals surface area (Å²) >= 11 is 0. The summed E-state index contributed by atoms with van der Waals surface area (Å²) in [6.45, 7) is 7.49. The molecule has 41 heavy (non-hydrogen) atoms. The van der Waals surface area contributed by atoms with Gasteiger partial charge >= 0.3 is 24.3 Å². The first-order valence-electron chi connectivity index (χ1n) is 12.9. The largest absolute Gasteiger partial charge is 0.490 e. The van der Waals surface area contributed by atoms with Gasteiger partial charge in [0.2, 0.25) is 5.91 Å². The van der Waals surface area contributed by atoms with Gasteiger partial charge in [0, 0.05) is 24.2 Å². The van der Waals surface area contributed by atoms with Crippen LogP contribution in [0.5, 0.6) is 0 Å². The summed E-state index contributed by atoms with van der Waals surface area (Å²) in [5.41, 5.74) is 4.02. The number of carbonyl (C=O) groups excluding carboxylic acids is 1. The Hall–Kier alpha value is -3.36. The third kappa shape index (κ3) is 8.57. The molecule has 15 heteroatoms. The van der Waals surface area contributed by atoms with E-state index in [9.17, 15) is 31.1 Å². The second kappa shape index (κ2) is 11.9. The number of aryl methyl sites for hydroxylation is 1. The average molecular weight is 595 g/mol. The number of imidazole rings is 1. The second-order valence-corrected chi connectivity index (χ2v) is 11.2. The zero-order chi connectivity index (χ0) is 30.8. The predicted molar refractivity (Wildman–Crippen MR) is 133 cm³/mol. The van der Waals surface area contributed by atoms with Crippen LogP contribution in [-0.4, -0.2) is 73.8 Å². The Kier molecular flexibility index (Phi) is 9.30. The lowest BCUT2D eigenvalue weighted by Crippen LogP contribution is -2.55. The van der Waals surface area contributed by atoms with Crippen LogP contribution in [0, 0.1) is 17.8 Å². The van der Waals surface area contributed by atoms with Gasteiger partial charge in [-0.3, -0.25) is 9.69 Å². The number of alkyl halides is 6. The number of hydrogen-bond acceptors (Lipinski definition) is 5. The number of rotatable bonds is 4. The molecular formula is C26H32F6N4O5. The van der Waals surface area contributed by atoms with Crippen molar-refractivity contribution in [2.75, 3.05) is 13.1 Å². The zero-order valence-electron chi connectivity index (χ0n) is 22.5. The maximum absolute atomic E-state index is 12.2. The van der Waals surface area contributed by atoms with Crippen molar-refractivity contribution in [1.82, 2.24) is 19.6 Å². The minimum Gasteiger partial charge on any atom is -0.475 e. The van der Waals surface area contributed by atoms with Gasteiger partial charge in [0.15, 0.2) is 0 Å². The molecule has 0 bridgehead atoms. The van der Waals surface area contributed by atoms with E-state index in [1.165, 1.54) is 36.9 Å². The SMILES string of the molecule is Cc1ccc2ncc(CN3CCC4(CC3)CC(NC(=O)C3(C)CC3)C4)n2c1.O=C(O)C(F)(F)F.O=C(O)C(F)(F)F. The third-order valence-corrected chi connectivity index (χ3v) is 7.76. The number of hydrogen-bond donors (Lipinski definition) is 3. The molecule has 2 aliphatic carbocycles. The molecule has 2 aromatic rings. The van der Waals surface area contributed by atoms with Crippen LogP contribution in [0.25, 0.3) is 5.65 Å². The number of halogens is 6. The van der Waals surface area contributed by atoms with Crippen molar-refractivity contribution in [2.45, 2.75) is 77.3 Å². The van der Waals surface area contributed by atoms with Gasteiger partial charge < -0.3 is 19.9 Å². The molecule has 228 valence electrons. The molecular weight excluding hydrogens is 562 g/mol. The average Bonchev–Trinajstić information content (AvgIpc) is 3.49. The first-order valence-corrected chi connectivity index (χ1v) is 12.9. The summed E-state index contributed by atoms with van der Waals surface area (Å²) in [6, 6.07) is 4.63. The predicted octanol–water partition coefficient (Wildman–Crippen LogP) is 4.57. The lowest BCUT2D eigenvalue weighted by molar-refractivity contribution is -0.193. The van der Waals surface area contributed by atoms with Crippen molar-refractivity contribution in [2.24, 2.45) is 10.8 Å². The van der Waals surface area contributed by atoms with E-state index >= 15 is 0 Å². The van der Waals surface area contributed by atoms with Gasteiger partial charge in [0.1, 0.15) is 5.65 Å². The molecule has 1 saturated heterocycles. The monoisotopic (exact) mass is 594 g/mol. The number of carboxylic acids is 2. The third-order valence-electron chi connectivity index (χ3n) is 7.76. The Morgan fingerprint density at radius 2 is 1.49 bits per heavy atom. The number of likely N-dealkylation sites (tertiary alicyclic amines) is 1. The lowest BCUT2D eigenvalue weighted by Gasteiger charge is -2.52. The molecule has 3 N–H and O–H groups in total. The highest BCUT2D eigenvalue weighted by Crippen LogP contribution is 2.51. The number of aromatic nitrogens is 2. The first-order chi connectivity index (χ1) is 18.8. The van der Waals surface area contributed by atoms with Crippen LogP contribution in [0.3, 0.4) is 0 Å². The highest BCUT2D eigenvalue weighted by Gasteiger charge is 2.50. The molecule has 0 aromatic carbocycles. The van der Waals surface area contributed by atoms with Gasteiger partial charge in [0.05, 0.1) is 11.9 Å². The maximum Gasteiger partial charge on any atom is 0.490 e. The van der Waals surface area contributed by atoms with Crippen molar-refractivity contribution < 1.29 is 50.9 Å². The van der Waals surface area contributed by atoms with Crippen LogP contribution in [0.2, 0.25) is 0 Å². The number of nitrogens with one attached hydrogen (secondary N) is 1. The summed E-state index contributed by atoms with van der Waals surface area (Å²) in [7, 11) is 0. The fraction of sp³-hybridized carbons (Fsp3) is 0.615. The van der Waals surface area contributed by atoms with Crippen molar-refractivity contribution in [1.29, 1.82) is 0 Å². The number of nitrogens with zero attached hydrogens (tertiary/aromatic N) is 3. The van der Waals surface area contributed by atoms with Crippen LogP contribution in [0.4, 0.5) is 26.3 Å². The van der Waals surface area contributed by atoms with Crippen LogP contribution in [-0.2, 0) is 20.9 Å². The quantitative estimate of drug-likeness (QED) is 0.443. The van der Waals surface area contributed by atoms with Gasteiger partial charge in [-0.25, -0.2) is 14.6 Å². The molecule has 2 aromatic heterocycles. The Morgan fingerprint density at radius 1 is 0.976 bits per heavy atom. The van der Waals surface area contributed by atoms with E-state index in [1.54, 1.807) is 0 Å². The van der Waals surface area contributed by atoms with E-state index in [2.05, 4.69) is 51.8 Å². The summed E-state index contributed by atoms with van der Waals surface area (Å²) < 4.78 is 65.7. The Morgan fingerprint density at radius 3 is 1.95 bits per heavy atom. The van der Waals surface area contributed by atoms with E-state index in [0.717, 1.165) is 38.1 Å². The van der Waals surface area contributed by atoms with Crippen LogP contribution < -0.4 is 5.32 Å². The minimum absolute atomic E-state index is 0.0432. The molecule has 3 aliphatic rings. The van der Waals surface area contributed by atoms with Crippen LogP contribution in [0.15, 0.2) is 24.5 Å². The summed E-state index contributed by atoms with van der Waals surface area (Å²) in [5, 5.41) is 17.5. The van der Waals surface area contributed by atoms with E-state index in [1.807, 2.05) is 6.20 Å². The molecule has 1 spiro atoms. The lowest BCUT2D eigenvalue weighted by atomic mass is 9.60. The smallest absolute Gasteiger partial charge is 0.475 e. The molecule has 1 amide bonds. The Labute approximate surface area is 231 Å². The molecule has 1 aliphatic heterocycles. The number of fused-ring (bicyclic) bond motifs is 1. The van der Waals surface area contributed by atoms with E-state index in [4.69, 9.17) is 19.8 Å². The van der Waals surface area contributed by atoms with Crippen LogP contribution in [0.1, 0.15) is 56.7 Å². The van der Waals surface area contributed by atoms with Gasteiger partial charge in [-0.05, 0) is 75.6 Å². The molecule has 0 unspecified atom stereocenters. The highest BCUT2D eigenvalue weighted by molar-refractivity contribution is 5.85. The van der Waals surface area contributed by atoms with Crippen molar-refractivity contribution in [3.63, 3.8) is 0 Å². The van der Waals surface area contributed by atoms with Gasteiger partial charge in [-0.2, -0.15) is 26.3 Å². The number of aliphatic carboxylic acids is 2. The van der Waals surface area contributed by atoms with Crippen molar-refractivity contribution in [3.05, 3.63) is 35.8 Å². The second-order valence-electron chi connectivity index (χ2n) is 11.2. The van der Waals surface area contributed by atoms with Gasteiger partial charge in [-0.1, -0.05) is 13.0 Å². The molecule has 0 radical (unpaired) electrons.